The van der Waals surface area contributed by atoms with Crippen molar-refractivity contribution < 1.29 is 52.4 Å². The van der Waals surface area contributed by atoms with Crippen LogP contribution < -0.4 is 28.7 Å². The second-order valence-corrected chi connectivity index (χ2v) is 19.3. The van der Waals surface area contributed by atoms with Crippen molar-refractivity contribution in [2.75, 3.05) is 18.2 Å². The van der Waals surface area contributed by atoms with Crippen LogP contribution in [-0.2, 0) is 28.7 Å². The number of esters is 5. The first kappa shape index (κ1) is 51.7. The van der Waals surface area contributed by atoms with Crippen LogP contribution >= 0.6 is 11.3 Å². The molecule has 8 rings (SSSR count). The Hall–Kier alpha value is -7.65. The highest BCUT2D eigenvalue weighted by molar-refractivity contribution is 7.22. The molecule has 73 heavy (non-hydrogen) atoms. The number of aryl methyl sites for hydroxylation is 1. The van der Waals surface area contributed by atoms with E-state index in [-0.39, 0.29) is 35.3 Å². The van der Waals surface area contributed by atoms with Gasteiger partial charge in [-0.1, -0.05) is 65.9 Å². The van der Waals surface area contributed by atoms with Crippen LogP contribution in [0, 0.1) is 30.6 Å². The summed E-state index contributed by atoms with van der Waals surface area (Å²) in [5.74, 6) is -1.47. The SMILES string of the molecule is C=CC(=O)OCCCCCCOc1ccc(OC(=O)C2CCC(C(=O)Oc3ccc(OC(=O)C4CCC(C(=O)Oc5ccc(C)cc5)CC4)c(/C=N/N(c4ccccc4)c4nc5ccccc5s4)c3)CC2)cc1. The van der Waals surface area contributed by atoms with Gasteiger partial charge in [-0.2, -0.15) is 5.10 Å². The first-order chi connectivity index (χ1) is 35.6. The molecule has 0 unspecified atom stereocenters. The number of fused-ring (bicyclic) bond motifs is 1. The number of para-hydroxylation sites is 2. The summed E-state index contributed by atoms with van der Waals surface area (Å²) < 4.78 is 35.3. The molecule has 2 aliphatic rings. The highest BCUT2D eigenvalue weighted by atomic mass is 32.1. The van der Waals surface area contributed by atoms with E-state index < -0.39 is 29.7 Å². The maximum absolute atomic E-state index is 13.8. The molecule has 2 aliphatic carbocycles. The lowest BCUT2D eigenvalue weighted by Crippen LogP contribution is -2.30. The highest BCUT2D eigenvalue weighted by Gasteiger charge is 2.34. The van der Waals surface area contributed by atoms with Crippen LogP contribution in [-0.4, -0.2) is 54.3 Å². The van der Waals surface area contributed by atoms with Gasteiger partial charge in [0.1, 0.15) is 28.7 Å². The first-order valence-corrected chi connectivity index (χ1v) is 25.7. The van der Waals surface area contributed by atoms with Crippen molar-refractivity contribution in [3.63, 3.8) is 0 Å². The Labute approximate surface area is 428 Å². The number of aromatic nitrogens is 1. The van der Waals surface area contributed by atoms with Crippen molar-refractivity contribution in [1.29, 1.82) is 0 Å². The number of unbranched alkanes of at least 4 members (excludes halogenated alkanes) is 3. The number of rotatable bonds is 21. The standard InChI is InChI=1S/C58H59N3O11S/c1-3-53(62)68-36-12-5-4-11-35-67-46-29-31-48(32-30-46)70-55(64)40-19-21-42(22-20-40)56(65)71-49-33-34-51(72-57(66)43-25-23-41(24-26-43)54(63)69-47-27-17-39(2)18-28-47)44(37-49)38-59-61(45-13-7-6-8-14-45)58-60-50-15-9-10-16-52(50)73-58/h3,6-10,13-18,27-34,37-38,40-43H,1,4-5,11-12,19-26,35-36H2,2H3/b59-38+. The lowest BCUT2D eigenvalue weighted by atomic mass is 9.82. The molecule has 0 radical (unpaired) electrons. The summed E-state index contributed by atoms with van der Waals surface area (Å²) in [6.45, 7) is 6.26. The monoisotopic (exact) mass is 1010 g/mol. The zero-order chi connectivity index (χ0) is 50.9. The summed E-state index contributed by atoms with van der Waals surface area (Å²) in [5.41, 5.74) is 3.03. The van der Waals surface area contributed by atoms with E-state index >= 15 is 0 Å². The van der Waals surface area contributed by atoms with E-state index in [0.29, 0.717) is 92.5 Å². The maximum Gasteiger partial charge on any atom is 0.330 e. The quantitative estimate of drug-likeness (QED) is 0.0167. The third kappa shape index (κ3) is 14.7. The fraction of sp³-hybridized carbons (Fsp3) is 0.328. The molecule has 15 heteroatoms. The van der Waals surface area contributed by atoms with Gasteiger partial charge in [-0.25, -0.2) is 14.8 Å². The average Bonchev–Trinajstić information content (AvgIpc) is 3.85. The first-order valence-electron chi connectivity index (χ1n) is 24.9. The largest absolute Gasteiger partial charge is 0.494 e. The minimum absolute atomic E-state index is 0.224. The summed E-state index contributed by atoms with van der Waals surface area (Å²) in [7, 11) is 0. The number of carbonyl (C=O) groups is 5. The fourth-order valence-electron chi connectivity index (χ4n) is 8.76. The van der Waals surface area contributed by atoms with Gasteiger partial charge in [-0.3, -0.25) is 19.2 Å². The zero-order valence-electron chi connectivity index (χ0n) is 40.9. The lowest BCUT2D eigenvalue weighted by molar-refractivity contribution is -0.145. The second kappa shape index (κ2) is 25.6. The maximum atomic E-state index is 13.8. The third-order valence-corrected chi connectivity index (χ3v) is 14.0. The molecule has 14 nitrogen and oxygen atoms in total. The minimum Gasteiger partial charge on any atom is -0.494 e. The molecule has 0 N–H and O–H groups in total. The molecular weight excluding hydrogens is 947 g/mol. The van der Waals surface area contributed by atoms with Gasteiger partial charge in [0.25, 0.3) is 0 Å². The van der Waals surface area contributed by atoms with Crippen LogP contribution in [0.4, 0.5) is 10.8 Å². The summed E-state index contributed by atoms with van der Waals surface area (Å²) >= 11 is 1.48. The number of ether oxygens (including phenoxy) is 6. The van der Waals surface area contributed by atoms with E-state index in [2.05, 4.69) is 6.58 Å². The van der Waals surface area contributed by atoms with Crippen LogP contribution in [0.15, 0.2) is 139 Å². The summed E-state index contributed by atoms with van der Waals surface area (Å²) in [4.78, 5) is 69.7. The van der Waals surface area contributed by atoms with Crippen LogP contribution in [0.25, 0.3) is 10.2 Å². The Morgan fingerprint density at radius 1 is 0.603 bits per heavy atom. The van der Waals surface area contributed by atoms with Crippen molar-refractivity contribution >= 4 is 68.4 Å². The van der Waals surface area contributed by atoms with Crippen LogP contribution in [0.1, 0.15) is 88.2 Å². The van der Waals surface area contributed by atoms with E-state index in [9.17, 15) is 24.0 Å². The molecule has 1 aromatic heterocycles. The van der Waals surface area contributed by atoms with E-state index in [1.165, 1.54) is 11.3 Å². The minimum atomic E-state index is -0.443. The van der Waals surface area contributed by atoms with Gasteiger partial charge in [0.2, 0.25) is 5.13 Å². The van der Waals surface area contributed by atoms with Crippen molar-refractivity contribution in [2.24, 2.45) is 28.8 Å². The summed E-state index contributed by atoms with van der Waals surface area (Å²) in [6, 6.07) is 36.5. The molecule has 0 saturated heterocycles. The van der Waals surface area contributed by atoms with Crippen molar-refractivity contribution in [2.45, 2.75) is 84.0 Å². The molecule has 0 aliphatic heterocycles. The molecular formula is C58H59N3O11S. The Morgan fingerprint density at radius 3 is 1.70 bits per heavy atom. The molecule has 0 amide bonds. The number of hydrogen-bond acceptors (Lipinski definition) is 15. The number of hydrazone groups is 1. The van der Waals surface area contributed by atoms with Crippen LogP contribution in [0.3, 0.4) is 0 Å². The van der Waals surface area contributed by atoms with Crippen molar-refractivity contribution in [1.82, 2.24) is 4.98 Å². The van der Waals surface area contributed by atoms with Crippen LogP contribution in [0.5, 0.6) is 28.7 Å². The summed E-state index contributed by atoms with van der Waals surface area (Å²) in [5, 5.41) is 7.22. The Bertz CT molecular complexity index is 2840. The molecule has 0 spiro atoms. The Kier molecular flexibility index (Phi) is 18.2. The van der Waals surface area contributed by atoms with E-state index in [0.717, 1.165) is 53.2 Å². The molecule has 5 aromatic carbocycles. The molecule has 0 atom stereocenters. The number of thiazole rings is 1. The van der Waals surface area contributed by atoms with E-state index in [1.807, 2.05) is 73.7 Å². The van der Waals surface area contributed by atoms with E-state index in [1.54, 1.807) is 65.8 Å². The predicted molar refractivity (Wildman–Crippen MR) is 278 cm³/mol. The highest BCUT2D eigenvalue weighted by Crippen LogP contribution is 2.37. The molecule has 378 valence electrons. The van der Waals surface area contributed by atoms with Gasteiger partial charge in [0.05, 0.1) is 59.0 Å². The molecule has 2 fully saturated rings. The second-order valence-electron chi connectivity index (χ2n) is 18.3. The number of anilines is 2. The lowest BCUT2D eigenvalue weighted by Gasteiger charge is -2.26. The Balaban J connectivity index is 0.879. The third-order valence-electron chi connectivity index (χ3n) is 13.0. The number of hydrogen-bond donors (Lipinski definition) is 0. The number of carbonyl (C=O) groups excluding carboxylic acids is 5. The average molecular weight is 1010 g/mol. The number of benzene rings is 5. The van der Waals surface area contributed by atoms with Gasteiger partial charge < -0.3 is 28.4 Å². The van der Waals surface area contributed by atoms with Crippen molar-refractivity contribution in [3.8, 4) is 28.7 Å². The van der Waals surface area contributed by atoms with Crippen molar-refractivity contribution in [3.05, 3.63) is 145 Å². The van der Waals surface area contributed by atoms with Gasteiger partial charge >= 0.3 is 29.8 Å². The predicted octanol–water partition coefficient (Wildman–Crippen LogP) is 12.1. The topological polar surface area (TPSA) is 169 Å². The fourth-order valence-corrected chi connectivity index (χ4v) is 9.70. The van der Waals surface area contributed by atoms with Gasteiger partial charge in [-0.15, -0.1) is 0 Å². The van der Waals surface area contributed by atoms with Gasteiger partial charge in [0, 0.05) is 11.6 Å². The molecule has 6 aromatic rings. The van der Waals surface area contributed by atoms with E-state index in [4.69, 9.17) is 38.5 Å². The molecule has 2 saturated carbocycles. The Morgan fingerprint density at radius 2 is 1.11 bits per heavy atom. The number of nitrogens with zero attached hydrogens (tertiary/aromatic N) is 3. The van der Waals surface area contributed by atoms with Gasteiger partial charge in [0.15, 0.2) is 0 Å². The summed E-state index contributed by atoms with van der Waals surface area (Å²) in [6.07, 6.45) is 9.88. The smallest absolute Gasteiger partial charge is 0.330 e. The molecule has 1 heterocycles. The normalized spacial score (nSPS) is 17.5. The van der Waals surface area contributed by atoms with Crippen LogP contribution in [0.2, 0.25) is 0 Å². The van der Waals surface area contributed by atoms with Gasteiger partial charge in [-0.05, 0) is 163 Å². The zero-order valence-corrected chi connectivity index (χ0v) is 41.7. The molecule has 0 bridgehead atoms.